The number of hydrogen-bond acceptors (Lipinski definition) is 4. The third kappa shape index (κ3) is 4.30. The zero-order valence-corrected chi connectivity index (χ0v) is 10.3. The van der Waals surface area contributed by atoms with Crippen molar-refractivity contribution in [2.75, 3.05) is 13.2 Å². The van der Waals surface area contributed by atoms with Gasteiger partial charge in [0.25, 0.3) is 0 Å². The lowest BCUT2D eigenvalue weighted by atomic mass is 10.3. The highest BCUT2D eigenvalue weighted by atomic mass is 32.1. The summed E-state index contributed by atoms with van der Waals surface area (Å²) >= 11 is 1.46. The van der Waals surface area contributed by atoms with E-state index in [1.54, 1.807) is 11.4 Å². The van der Waals surface area contributed by atoms with Gasteiger partial charge in [0.05, 0.1) is 12.2 Å². The lowest BCUT2D eigenvalue weighted by molar-refractivity contribution is 0.0697. The van der Waals surface area contributed by atoms with Crippen molar-refractivity contribution in [3.63, 3.8) is 0 Å². The summed E-state index contributed by atoms with van der Waals surface area (Å²) in [6.07, 6.45) is 0. The van der Waals surface area contributed by atoms with Gasteiger partial charge in [0.2, 0.25) is 0 Å². The van der Waals surface area contributed by atoms with E-state index in [0.29, 0.717) is 25.3 Å². The van der Waals surface area contributed by atoms with Crippen molar-refractivity contribution in [1.29, 1.82) is 0 Å². The van der Waals surface area contributed by atoms with Gasteiger partial charge in [-0.1, -0.05) is 0 Å². The molecule has 0 aliphatic rings. The first-order valence-electron chi connectivity index (χ1n) is 5.25. The Labute approximate surface area is 99.2 Å². The van der Waals surface area contributed by atoms with Crippen LogP contribution in [0.1, 0.15) is 29.1 Å². The molecule has 0 bridgehead atoms. The zero-order chi connectivity index (χ0) is 12.0. The lowest BCUT2D eigenvalue weighted by Crippen LogP contribution is -2.29. The molecule has 1 unspecified atom stereocenters. The summed E-state index contributed by atoms with van der Waals surface area (Å²) < 4.78 is 5.27. The van der Waals surface area contributed by atoms with Crippen LogP contribution in [0, 0.1) is 0 Å². The van der Waals surface area contributed by atoms with Gasteiger partial charge in [0.1, 0.15) is 0 Å². The molecule has 0 amide bonds. The summed E-state index contributed by atoms with van der Waals surface area (Å²) in [5.74, 6) is -0.870. The van der Waals surface area contributed by atoms with Gasteiger partial charge in [-0.2, -0.15) is 0 Å². The third-order valence-electron chi connectivity index (χ3n) is 2.10. The summed E-state index contributed by atoms with van der Waals surface area (Å²) in [4.78, 5) is 11.7. The van der Waals surface area contributed by atoms with Crippen molar-refractivity contribution in [2.24, 2.45) is 0 Å². The average Bonchev–Trinajstić information content (AvgIpc) is 2.72. The standard InChI is InChI=1S/C11H17NO3S/c1-3-15-6-8(2)12-5-10-4-9(7-16-10)11(13)14/h4,7-8,12H,3,5-6H2,1-2H3,(H,13,14). The Hall–Kier alpha value is -0.910. The predicted octanol–water partition coefficient (Wildman–Crippen LogP) is 1.96. The summed E-state index contributed by atoms with van der Waals surface area (Å²) in [7, 11) is 0. The van der Waals surface area contributed by atoms with Crippen molar-refractivity contribution in [3.8, 4) is 0 Å². The molecule has 1 aromatic rings. The molecule has 0 saturated carbocycles. The highest BCUT2D eigenvalue weighted by Crippen LogP contribution is 2.14. The monoisotopic (exact) mass is 243 g/mol. The van der Waals surface area contributed by atoms with Crippen molar-refractivity contribution in [2.45, 2.75) is 26.4 Å². The van der Waals surface area contributed by atoms with Crippen LogP contribution < -0.4 is 5.32 Å². The molecule has 16 heavy (non-hydrogen) atoms. The van der Waals surface area contributed by atoms with Gasteiger partial charge in [0.15, 0.2) is 0 Å². The molecule has 1 atom stereocenters. The first-order chi connectivity index (χ1) is 7.63. The fourth-order valence-electron chi connectivity index (χ4n) is 1.21. The van der Waals surface area contributed by atoms with Crippen LogP contribution in [0.5, 0.6) is 0 Å². The molecular weight excluding hydrogens is 226 g/mol. The Bertz CT molecular complexity index is 338. The number of nitrogens with one attached hydrogen (secondary N) is 1. The van der Waals surface area contributed by atoms with Crippen LogP contribution >= 0.6 is 11.3 Å². The summed E-state index contributed by atoms with van der Waals surface area (Å²) in [6, 6.07) is 1.98. The minimum atomic E-state index is -0.870. The molecule has 0 aliphatic carbocycles. The number of carboxylic acid groups (broad SMARTS) is 1. The van der Waals surface area contributed by atoms with Gasteiger partial charge in [-0.05, 0) is 19.9 Å². The second-order valence-electron chi connectivity index (χ2n) is 3.55. The fraction of sp³-hybridized carbons (Fsp3) is 0.545. The van der Waals surface area contributed by atoms with Crippen LogP contribution in [0.15, 0.2) is 11.4 Å². The SMILES string of the molecule is CCOCC(C)NCc1cc(C(=O)O)cs1. The lowest BCUT2D eigenvalue weighted by Gasteiger charge is -2.12. The van der Waals surface area contributed by atoms with E-state index in [1.165, 1.54) is 11.3 Å². The quantitative estimate of drug-likeness (QED) is 0.768. The van der Waals surface area contributed by atoms with Gasteiger partial charge >= 0.3 is 5.97 Å². The summed E-state index contributed by atoms with van der Waals surface area (Å²) in [5.41, 5.74) is 0.360. The maximum atomic E-state index is 10.7. The second-order valence-corrected chi connectivity index (χ2v) is 4.54. The molecule has 1 rings (SSSR count). The predicted molar refractivity (Wildman–Crippen MR) is 64.1 cm³/mol. The largest absolute Gasteiger partial charge is 0.478 e. The molecule has 5 heteroatoms. The topological polar surface area (TPSA) is 58.6 Å². The van der Waals surface area contributed by atoms with Crippen LogP contribution in [-0.4, -0.2) is 30.3 Å². The van der Waals surface area contributed by atoms with Crippen LogP contribution in [0.2, 0.25) is 0 Å². The molecule has 0 aromatic carbocycles. The molecule has 4 nitrogen and oxygen atoms in total. The number of rotatable bonds is 7. The number of aromatic carboxylic acids is 1. The van der Waals surface area contributed by atoms with Crippen molar-refractivity contribution in [1.82, 2.24) is 5.32 Å². The Morgan fingerprint density at radius 2 is 2.44 bits per heavy atom. The molecule has 1 heterocycles. The Kier molecular flexibility index (Phi) is 5.45. The second kappa shape index (κ2) is 6.62. The molecule has 1 aromatic heterocycles. The first kappa shape index (κ1) is 13.2. The molecule has 0 fully saturated rings. The van der Waals surface area contributed by atoms with E-state index in [4.69, 9.17) is 9.84 Å². The van der Waals surface area contributed by atoms with Crippen LogP contribution in [0.4, 0.5) is 0 Å². The molecule has 2 N–H and O–H groups in total. The van der Waals surface area contributed by atoms with Gasteiger partial charge in [-0.15, -0.1) is 11.3 Å². The van der Waals surface area contributed by atoms with E-state index in [2.05, 4.69) is 5.32 Å². The van der Waals surface area contributed by atoms with Crippen molar-refractivity contribution >= 4 is 17.3 Å². The Morgan fingerprint density at radius 3 is 3.00 bits per heavy atom. The molecule has 0 spiro atoms. The van der Waals surface area contributed by atoms with E-state index in [-0.39, 0.29) is 6.04 Å². The Balaban J connectivity index is 2.33. The number of hydrogen-bond donors (Lipinski definition) is 2. The van der Waals surface area contributed by atoms with E-state index < -0.39 is 5.97 Å². The number of ether oxygens (including phenoxy) is 1. The third-order valence-corrected chi connectivity index (χ3v) is 3.03. The highest BCUT2D eigenvalue weighted by Gasteiger charge is 2.07. The molecule has 90 valence electrons. The van der Waals surface area contributed by atoms with Gasteiger partial charge in [-0.25, -0.2) is 4.79 Å². The van der Waals surface area contributed by atoms with Crippen molar-refractivity contribution in [3.05, 3.63) is 21.9 Å². The van der Waals surface area contributed by atoms with E-state index in [1.807, 2.05) is 13.8 Å². The first-order valence-corrected chi connectivity index (χ1v) is 6.13. The normalized spacial score (nSPS) is 12.6. The minimum absolute atomic E-state index is 0.273. The molecular formula is C11H17NO3S. The maximum absolute atomic E-state index is 10.7. The van der Waals surface area contributed by atoms with Gasteiger partial charge in [-0.3, -0.25) is 0 Å². The number of carboxylic acids is 1. The smallest absolute Gasteiger partial charge is 0.336 e. The average molecular weight is 243 g/mol. The van der Waals surface area contributed by atoms with Crippen LogP contribution in [-0.2, 0) is 11.3 Å². The minimum Gasteiger partial charge on any atom is -0.478 e. The van der Waals surface area contributed by atoms with Crippen LogP contribution in [0.25, 0.3) is 0 Å². The van der Waals surface area contributed by atoms with Crippen molar-refractivity contribution < 1.29 is 14.6 Å². The van der Waals surface area contributed by atoms with Gasteiger partial charge < -0.3 is 15.2 Å². The number of thiophene rings is 1. The van der Waals surface area contributed by atoms with Gasteiger partial charge in [0, 0.05) is 29.5 Å². The highest BCUT2D eigenvalue weighted by molar-refractivity contribution is 7.10. The molecule has 0 saturated heterocycles. The summed E-state index contributed by atoms with van der Waals surface area (Å²) in [5, 5.41) is 13.7. The van der Waals surface area contributed by atoms with E-state index in [0.717, 1.165) is 4.88 Å². The zero-order valence-electron chi connectivity index (χ0n) is 9.53. The molecule has 0 aliphatic heterocycles. The van der Waals surface area contributed by atoms with E-state index in [9.17, 15) is 4.79 Å². The maximum Gasteiger partial charge on any atom is 0.336 e. The molecule has 0 radical (unpaired) electrons. The Morgan fingerprint density at radius 1 is 1.69 bits per heavy atom. The van der Waals surface area contributed by atoms with Crippen LogP contribution in [0.3, 0.4) is 0 Å². The summed E-state index contributed by atoms with van der Waals surface area (Å²) in [6.45, 7) is 6.08. The van der Waals surface area contributed by atoms with E-state index >= 15 is 0 Å². The fourth-order valence-corrected chi connectivity index (χ4v) is 2.02. The number of carbonyl (C=O) groups is 1.